The predicted octanol–water partition coefficient (Wildman–Crippen LogP) is -0.781. The summed E-state index contributed by atoms with van der Waals surface area (Å²) in [6.07, 6.45) is -1.56. The van der Waals surface area contributed by atoms with Crippen molar-refractivity contribution in [2.75, 3.05) is 13.2 Å². The third kappa shape index (κ3) is 4.27. The largest absolute Gasteiger partial charge is 0.479 e. The van der Waals surface area contributed by atoms with Crippen molar-refractivity contribution in [2.24, 2.45) is 0 Å². The maximum Gasteiger partial charge on any atom is 0.332 e. The summed E-state index contributed by atoms with van der Waals surface area (Å²) in [7, 11) is 0. The van der Waals surface area contributed by atoms with Crippen molar-refractivity contribution in [3.8, 4) is 0 Å². The first kappa shape index (κ1) is 11.4. The van der Waals surface area contributed by atoms with E-state index >= 15 is 0 Å². The van der Waals surface area contributed by atoms with Gasteiger partial charge in [-0.1, -0.05) is 6.92 Å². The molecule has 0 aliphatic rings. The molecule has 12 heavy (non-hydrogen) atoms. The zero-order valence-corrected chi connectivity index (χ0v) is 6.93. The van der Waals surface area contributed by atoms with Crippen LogP contribution in [-0.4, -0.2) is 46.7 Å². The maximum absolute atomic E-state index is 10.4. The number of hydrogen-bond donors (Lipinski definition) is 3. The maximum atomic E-state index is 10.4. The molecule has 0 aliphatic heterocycles. The average molecular weight is 178 g/mol. The molecule has 0 bridgehead atoms. The first-order valence-corrected chi connectivity index (χ1v) is 3.75. The molecule has 2 unspecified atom stereocenters. The van der Waals surface area contributed by atoms with E-state index in [9.17, 15) is 4.79 Å². The minimum absolute atomic E-state index is 0.151. The molecule has 0 fully saturated rings. The summed E-state index contributed by atoms with van der Waals surface area (Å²) in [5.74, 6) is -1.05. The van der Waals surface area contributed by atoms with Crippen molar-refractivity contribution in [1.82, 2.24) is 0 Å². The molecule has 3 N–H and O–H groups in total. The van der Waals surface area contributed by atoms with E-state index in [1.165, 1.54) is 0 Å². The van der Waals surface area contributed by atoms with Crippen molar-refractivity contribution in [1.29, 1.82) is 0 Å². The van der Waals surface area contributed by atoms with Crippen molar-refractivity contribution in [2.45, 2.75) is 25.6 Å². The summed E-state index contributed by atoms with van der Waals surface area (Å²) in [6.45, 7) is 1.10. The Hall–Kier alpha value is -0.650. The molecule has 0 aromatic carbocycles. The van der Waals surface area contributed by atoms with Gasteiger partial charge in [0.05, 0.1) is 13.2 Å². The van der Waals surface area contributed by atoms with Crippen LogP contribution in [0.1, 0.15) is 13.3 Å². The number of carbonyl (C=O) groups is 1. The van der Waals surface area contributed by atoms with Gasteiger partial charge in [0.15, 0.2) is 6.10 Å². The highest BCUT2D eigenvalue weighted by Crippen LogP contribution is 1.98. The Morgan fingerprint density at radius 3 is 2.50 bits per heavy atom. The molecule has 5 heteroatoms. The average Bonchev–Trinajstić information content (AvgIpc) is 2.04. The Labute approximate surface area is 70.6 Å². The van der Waals surface area contributed by atoms with Crippen LogP contribution in [0.2, 0.25) is 0 Å². The highest BCUT2D eigenvalue weighted by molar-refractivity contribution is 5.72. The lowest BCUT2D eigenvalue weighted by Crippen LogP contribution is -2.29. The summed E-state index contributed by atoms with van der Waals surface area (Å²) in [4.78, 5) is 10.4. The Kier molecular flexibility index (Phi) is 5.61. The second-order valence-electron chi connectivity index (χ2n) is 2.40. The van der Waals surface area contributed by atoms with Gasteiger partial charge in [-0.05, 0) is 6.42 Å². The molecule has 0 heterocycles. The van der Waals surface area contributed by atoms with Gasteiger partial charge in [-0.2, -0.15) is 0 Å². The van der Waals surface area contributed by atoms with Crippen LogP contribution in [0.3, 0.4) is 0 Å². The van der Waals surface area contributed by atoms with Crippen molar-refractivity contribution in [3.63, 3.8) is 0 Å². The molecular weight excluding hydrogens is 164 g/mol. The van der Waals surface area contributed by atoms with Gasteiger partial charge in [-0.25, -0.2) is 4.79 Å². The Morgan fingerprint density at radius 2 is 2.17 bits per heavy atom. The summed E-state index contributed by atoms with van der Waals surface area (Å²) in [5, 5.41) is 25.7. The number of aliphatic hydroxyl groups excluding tert-OH is 2. The molecule has 0 aromatic rings. The molecule has 0 spiro atoms. The van der Waals surface area contributed by atoms with E-state index in [-0.39, 0.29) is 6.61 Å². The van der Waals surface area contributed by atoms with E-state index in [4.69, 9.17) is 20.1 Å². The van der Waals surface area contributed by atoms with Crippen LogP contribution < -0.4 is 0 Å². The molecular formula is C7H14O5. The van der Waals surface area contributed by atoms with E-state index in [0.717, 1.165) is 0 Å². The normalized spacial score (nSPS) is 15.6. The number of rotatable bonds is 6. The molecule has 0 aromatic heterocycles. The number of carboxylic acid groups (broad SMARTS) is 1. The molecule has 5 nitrogen and oxygen atoms in total. The van der Waals surface area contributed by atoms with E-state index in [1.54, 1.807) is 6.92 Å². The molecule has 72 valence electrons. The van der Waals surface area contributed by atoms with E-state index in [0.29, 0.717) is 6.42 Å². The van der Waals surface area contributed by atoms with Gasteiger partial charge >= 0.3 is 5.97 Å². The third-order valence-corrected chi connectivity index (χ3v) is 1.35. The number of hydrogen-bond acceptors (Lipinski definition) is 4. The quantitative estimate of drug-likeness (QED) is 0.496. The Morgan fingerprint density at radius 1 is 1.58 bits per heavy atom. The third-order valence-electron chi connectivity index (χ3n) is 1.35. The fraction of sp³-hybridized carbons (Fsp3) is 0.857. The Balaban J connectivity index is 3.65. The van der Waals surface area contributed by atoms with Crippen LogP contribution in [0, 0.1) is 0 Å². The van der Waals surface area contributed by atoms with E-state index < -0.39 is 24.8 Å². The lowest BCUT2D eigenvalue weighted by Gasteiger charge is -2.13. The Bertz CT molecular complexity index is 136. The van der Waals surface area contributed by atoms with Crippen molar-refractivity contribution >= 4 is 5.97 Å². The number of ether oxygens (including phenoxy) is 1. The molecule has 0 amide bonds. The number of aliphatic hydroxyl groups is 2. The summed E-state index contributed by atoms with van der Waals surface area (Å²) >= 11 is 0. The van der Waals surface area contributed by atoms with Crippen LogP contribution >= 0.6 is 0 Å². The summed E-state index contributed by atoms with van der Waals surface area (Å²) < 4.78 is 4.80. The predicted molar refractivity (Wildman–Crippen MR) is 40.8 cm³/mol. The van der Waals surface area contributed by atoms with Gasteiger partial charge in [-0.15, -0.1) is 0 Å². The minimum atomic E-state index is -1.05. The molecule has 0 aliphatic carbocycles. The smallest absolute Gasteiger partial charge is 0.332 e. The van der Waals surface area contributed by atoms with Crippen LogP contribution in [0.25, 0.3) is 0 Å². The fourth-order valence-corrected chi connectivity index (χ4v) is 0.644. The van der Waals surface area contributed by atoms with E-state index in [2.05, 4.69) is 0 Å². The van der Waals surface area contributed by atoms with Crippen LogP contribution in [0.5, 0.6) is 0 Å². The number of aliphatic carboxylic acids is 1. The zero-order valence-electron chi connectivity index (χ0n) is 6.93. The molecule has 0 radical (unpaired) electrons. The topological polar surface area (TPSA) is 87.0 Å². The number of carboxylic acids is 1. The lowest BCUT2D eigenvalue weighted by molar-refractivity contribution is -0.152. The molecule has 0 rings (SSSR count). The first-order chi connectivity index (χ1) is 5.61. The van der Waals surface area contributed by atoms with Gasteiger partial charge in [0.25, 0.3) is 0 Å². The monoisotopic (exact) mass is 178 g/mol. The van der Waals surface area contributed by atoms with Crippen molar-refractivity contribution < 1.29 is 24.9 Å². The zero-order chi connectivity index (χ0) is 9.56. The lowest BCUT2D eigenvalue weighted by atomic mass is 10.3. The highest BCUT2D eigenvalue weighted by atomic mass is 16.5. The minimum Gasteiger partial charge on any atom is -0.479 e. The van der Waals surface area contributed by atoms with Gasteiger partial charge in [0.1, 0.15) is 6.10 Å². The van der Waals surface area contributed by atoms with Gasteiger partial charge < -0.3 is 20.1 Å². The molecule has 0 saturated carbocycles. The standard InChI is InChI=1S/C7H14O5/c1-2-6(7(10)11)12-4-5(9)3-8/h5-6,8-9H,2-4H2,1H3,(H,10,11). The summed E-state index contributed by atoms with van der Waals surface area (Å²) in [6, 6.07) is 0. The van der Waals surface area contributed by atoms with Gasteiger partial charge in [0.2, 0.25) is 0 Å². The molecule has 0 saturated heterocycles. The van der Waals surface area contributed by atoms with Crippen LogP contribution in [0.15, 0.2) is 0 Å². The second kappa shape index (κ2) is 5.93. The van der Waals surface area contributed by atoms with Crippen molar-refractivity contribution in [3.05, 3.63) is 0 Å². The fourth-order valence-electron chi connectivity index (χ4n) is 0.644. The van der Waals surface area contributed by atoms with Crippen LogP contribution in [0.4, 0.5) is 0 Å². The van der Waals surface area contributed by atoms with Crippen LogP contribution in [-0.2, 0) is 9.53 Å². The van der Waals surface area contributed by atoms with E-state index in [1.807, 2.05) is 0 Å². The SMILES string of the molecule is CCC(OCC(O)CO)C(=O)O. The van der Waals surface area contributed by atoms with Gasteiger partial charge in [0, 0.05) is 0 Å². The second-order valence-corrected chi connectivity index (χ2v) is 2.40. The van der Waals surface area contributed by atoms with Gasteiger partial charge in [-0.3, -0.25) is 0 Å². The summed E-state index contributed by atoms with van der Waals surface area (Å²) in [5.41, 5.74) is 0. The molecule has 2 atom stereocenters. The first-order valence-electron chi connectivity index (χ1n) is 3.75. The highest BCUT2D eigenvalue weighted by Gasteiger charge is 2.16.